The number of nitrogens with one attached hydrogen (secondary N) is 1. The average Bonchev–Trinajstić information content (AvgIpc) is 2.69. The van der Waals surface area contributed by atoms with Gasteiger partial charge in [0.25, 0.3) is 10.0 Å². The lowest BCUT2D eigenvalue weighted by molar-refractivity contribution is -0.383. The van der Waals surface area contributed by atoms with Gasteiger partial charge < -0.3 is 10.6 Å². The second-order valence-electron chi connectivity index (χ2n) is 4.69. The molecule has 0 amide bonds. The molecule has 0 aliphatic rings. The van der Waals surface area contributed by atoms with Gasteiger partial charge in [0.2, 0.25) is 0 Å². The third-order valence-corrected chi connectivity index (χ3v) is 5.56. The fourth-order valence-electron chi connectivity index (χ4n) is 1.48. The van der Waals surface area contributed by atoms with E-state index in [1.807, 2.05) is 19.0 Å². The standard InChI is InChI=1S/C10H18N4O4S2/c1-7(4-5-13(2)3)12-20(17,18)9-6-8(14(15)16)10(11)19-9/h6-7,12H,4-5,11H2,1-3H3. The number of anilines is 1. The van der Waals surface area contributed by atoms with Crippen molar-refractivity contribution >= 4 is 32.0 Å². The lowest BCUT2D eigenvalue weighted by Crippen LogP contribution is -2.34. The molecule has 8 nitrogen and oxygen atoms in total. The van der Waals surface area contributed by atoms with Crippen molar-refractivity contribution in [2.45, 2.75) is 23.6 Å². The zero-order chi connectivity index (χ0) is 15.5. The Morgan fingerprint density at radius 3 is 2.60 bits per heavy atom. The molecule has 1 atom stereocenters. The summed E-state index contributed by atoms with van der Waals surface area (Å²) in [6.07, 6.45) is 0.634. The second-order valence-corrected chi connectivity index (χ2v) is 7.71. The first kappa shape index (κ1) is 16.8. The van der Waals surface area contributed by atoms with Crippen LogP contribution in [0.25, 0.3) is 0 Å². The van der Waals surface area contributed by atoms with E-state index in [0.29, 0.717) is 17.8 Å². The topological polar surface area (TPSA) is 119 Å². The summed E-state index contributed by atoms with van der Waals surface area (Å²) >= 11 is 0.691. The Balaban J connectivity index is 2.83. The van der Waals surface area contributed by atoms with E-state index in [-0.39, 0.29) is 20.9 Å². The largest absolute Gasteiger partial charge is 0.385 e. The van der Waals surface area contributed by atoms with Crippen LogP contribution in [0.2, 0.25) is 0 Å². The maximum absolute atomic E-state index is 12.1. The highest BCUT2D eigenvalue weighted by atomic mass is 32.2. The van der Waals surface area contributed by atoms with Crippen LogP contribution in [0.4, 0.5) is 10.7 Å². The van der Waals surface area contributed by atoms with Crippen LogP contribution >= 0.6 is 11.3 Å². The highest BCUT2D eigenvalue weighted by molar-refractivity contribution is 7.91. The van der Waals surface area contributed by atoms with E-state index in [2.05, 4.69) is 4.72 Å². The Bertz CT molecular complexity index is 582. The molecule has 1 rings (SSSR count). The number of nitrogen functional groups attached to an aromatic ring is 1. The zero-order valence-corrected chi connectivity index (χ0v) is 13.1. The molecule has 1 aromatic heterocycles. The molecule has 0 radical (unpaired) electrons. The SMILES string of the molecule is CC(CCN(C)C)NS(=O)(=O)c1cc([N+](=O)[O-])c(N)s1. The summed E-state index contributed by atoms with van der Waals surface area (Å²) in [6.45, 7) is 2.48. The van der Waals surface area contributed by atoms with Gasteiger partial charge in [0.05, 0.1) is 4.92 Å². The van der Waals surface area contributed by atoms with Crippen molar-refractivity contribution in [2.75, 3.05) is 26.4 Å². The fourth-order valence-corrected chi connectivity index (χ4v) is 3.99. The van der Waals surface area contributed by atoms with Crippen LogP contribution in [-0.2, 0) is 10.0 Å². The van der Waals surface area contributed by atoms with Gasteiger partial charge in [-0.3, -0.25) is 10.1 Å². The minimum atomic E-state index is -3.78. The fraction of sp³-hybridized carbons (Fsp3) is 0.600. The number of nitrogens with zero attached hydrogens (tertiary/aromatic N) is 2. The smallest absolute Gasteiger partial charge is 0.304 e. The van der Waals surface area contributed by atoms with Crippen molar-refractivity contribution in [3.63, 3.8) is 0 Å². The predicted molar refractivity (Wildman–Crippen MR) is 78.3 cm³/mol. The molecule has 3 N–H and O–H groups in total. The maximum Gasteiger partial charge on any atom is 0.304 e. The lowest BCUT2D eigenvalue weighted by Gasteiger charge is -2.16. The molecule has 10 heteroatoms. The van der Waals surface area contributed by atoms with Crippen LogP contribution in [0.1, 0.15) is 13.3 Å². The summed E-state index contributed by atoms with van der Waals surface area (Å²) in [7, 11) is 0.00976. The van der Waals surface area contributed by atoms with Crippen LogP contribution in [-0.4, -0.2) is 44.9 Å². The van der Waals surface area contributed by atoms with Crippen LogP contribution in [0.15, 0.2) is 10.3 Å². The highest BCUT2D eigenvalue weighted by Crippen LogP contribution is 2.34. The molecule has 0 aliphatic carbocycles. The zero-order valence-electron chi connectivity index (χ0n) is 11.5. The van der Waals surface area contributed by atoms with E-state index in [4.69, 9.17) is 5.73 Å². The molecule has 0 aliphatic heterocycles. The quantitative estimate of drug-likeness (QED) is 0.567. The lowest BCUT2D eigenvalue weighted by atomic mass is 10.2. The molecular weight excluding hydrogens is 304 g/mol. The summed E-state index contributed by atoms with van der Waals surface area (Å²) in [5.41, 5.74) is 5.07. The van der Waals surface area contributed by atoms with E-state index in [1.165, 1.54) is 0 Å². The summed E-state index contributed by atoms with van der Waals surface area (Å²) in [5, 5.41) is 10.6. The van der Waals surface area contributed by atoms with Gasteiger partial charge in [0.15, 0.2) is 5.00 Å². The van der Waals surface area contributed by atoms with Crippen molar-refractivity contribution in [1.29, 1.82) is 0 Å². The van der Waals surface area contributed by atoms with E-state index >= 15 is 0 Å². The number of hydrogen-bond donors (Lipinski definition) is 2. The Hall–Kier alpha value is -1.23. The average molecular weight is 322 g/mol. The third kappa shape index (κ3) is 4.40. The van der Waals surface area contributed by atoms with E-state index < -0.39 is 14.9 Å². The minimum Gasteiger partial charge on any atom is -0.385 e. The van der Waals surface area contributed by atoms with Crippen molar-refractivity contribution in [3.05, 3.63) is 16.2 Å². The van der Waals surface area contributed by atoms with Gasteiger partial charge in [0.1, 0.15) is 4.21 Å². The summed E-state index contributed by atoms with van der Waals surface area (Å²) in [4.78, 5) is 11.9. The molecule has 0 saturated carbocycles. The molecular formula is C10H18N4O4S2. The number of nitro groups is 1. The first-order chi connectivity index (χ1) is 9.13. The Morgan fingerprint density at radius 1 is 1.55 bits per heavy atom. The summed E-state index contributed by atoms with van der Waals surface area (Å²) in [6, 6.07) is 0.714. The predicted octanol–water partition coefficient (Wildman–Crippen LogP) is 0.857. The van der Waals surface area contributed by atoms with Crippen molar-refractivity contribution in [2.24, 2.45) is 0 Å². The summed E-state index contributed by atoms with van der Waals surface area (Å²) < 4.78 is 26.5. The van der Waals surface area contributed by atoms with Gasteiger partial charge in [0, 0.05) is 12.1 Å². The van der Waals surface area contributed by atoms with Crippen LogP contribution in [0, 0.1) is 10.1 Å². The summed E-state index contributed by atoms with van der Waals surface area (Å²) in [5.74, 6) is 0. The number of thiophene rings is 1. The normalized spacial score (nSPS) is 13.6. The van der Waals surface area contributed by atoms with Crippen LogP contribution in [0.3, 0.4) is 0 Å². The first-order valence-electron chi connectivity index (χ1n) is 5.84. The molecule has 0 spiro atoms. The van der Waals surface area contributed by atoms with Crippen LogP contribution < -0.4 is 10.5 Å². The highest BCUT2D eigenvalue weighted by Gasteiger charge is 2.25. The first-order valence-corrected chi connectivity index (χ1v) is 8.14. The monoisotopic (exact) mass is 322 g/mol. The van der Waals surface area contributed by atoms with E-state index in [0.717, 1.165) is 12.6 Å². The Labute approximate surface area is 121 Å². The van der Waals surface area contributed by atoms with Crippen LogP contribution in [0.5, 0.6) is 0 Å². The number of hydrogen-bond acceptors (Lipinski definition) is 7. The van der Waals surface area contributed by atoms with Gasteiger partial charge in [-0.1, -0.05) is 11.3 Å². The van der Waals surface area contributed by atoms with Crippen molar-refractivity contribution in [3.8, 4) is 0 Å². The number of sulfonamides is 1. The molecule has 1 unspecified atom stereocenters. The number of rotatable bonds is 7. The minimum absolute atomic E-state index is 0.115. The van der Waals surface area contributed by atoms with E-state index in [9.17, 15) is 18.5 Å². The van der Waals surface area contributed by atoms with E-state index in [1.54, 1.807) is 6.92 Å². The third-order valence-electron chi connectivity index (χ3n) is 2.54. The Morgan fingerprint density at radius 2 is 2.15 bits per heavy atom. The number of nitrogens with two attached hydrogens (primary N) is 1. The molecule has 114 valence electrons. The van der Waals surface area contributed by atoms with Crippen molar-refractivity contribution in [1.82, 2.24) is 9.62 Å². The second kappa shape index (κ2) is 6.48. The van der Waals surface area contributed by atoms with Gasteiger partial charge in [-0.2, -0.15) is 0 Å². The molecule has 0 aromatic carbocycles. The Kier molecular flexibility index (Phi) is 5.45. The molecule has 0 bridgehead atoms. The van der Waals surface area contributed by atoms with Gasteiger partial charge in [-0.15, -0.1) is 0 Å². The molecule has 0 fully saturated rings. The van der Waals surface area contributed by atoms with Gasteiger partial charge in [-0.25, -0.2) is 13.1 Å². The van der Waals surface area contributed by atoms with Gasteiger partial charge >= 0.3 is 5.69 Å². The molecule has 1 heterocycles. The maximum atomic E-state index is 12.1. The van der Waals surface area contributed by atoms with Gasteiger partial charge in [-0.05, 0) is 34.0 Å². The molecule has 1 aromatic rings. The molecule has 0 saturated heterocycles. The van der Waals surface area contributed by atoms with Crippen molar-refractivity contribution < 1.29 is 13.3 Å². The molecule has 20 heavy (non-hydrogen) atoms.